The summed E-state index contributed by atoms with van der Waals surface area (Å²) >= 11 is 1.78. The maximum atomic E-state index is 4.52. The Labute approximate surface area is 223 Å². The molecule has 0 aliphatic carbocycles. The van der Waals surface area contributed by atoms with Crippen molar-refractivity contribution >= 4 is 31.5 Å². The fourth-order valence-electron chi connectivity index (χ4n) is 3.69. The van der Waals surface area contributed by atoms with Gasteiger partial charge in [-0.25, -0.2) is 0 Å². The maximum absolute atomic E-state index is 4.52. The molecule has 2 aromatic carbocycles. The minimum atomic E-state index is 0. The van der Waals surface area contributed by atoms with Crippen molar-refractivity contribution in [1.82, 2.24) is 15.0 Å². The SMILES string of the molecule is Cc1c[c-]c(-c2cc(C)c(C)cn2)cc1.[Ir].[c-]1cnccc1-c1cc2c(cn1)sc1ccccc12. The van der Waals surface area contributed by atoms with Crippen molar-refractivity contribution in [2.45, 2.75) is 20.8 Å². The minimum absolute atomic E-state index is 0. The first-order valence-electron chi connectivity index (χ1n) is 11.1. The second-order valence-corrected chi connectivity index (χ2v) is 9.33. The van der Waals surface area contributed by atoms with Crippen LogP contribution in [0.2, 0.25) is 0 Å². The van der Waals surface area contributed by atoms with E-state index in [1.807, 2.05) is 24.5 Å². The van der Waals surface area contributed by atoms with Crippen molar-refractivity contribution in [3.63, 3.8) is 0 Å². The van der Waals surface area contributed by atoms with Crippen LogP contribution in [0.15, 0.2) is 85.5 Å². The molecule has 0 saturated heterocycles. The van der Waals surface area contributed by atoms with Gasteiger partial charge in [-0.15, -0.1) is 52.8 Å². The van der Waals surface area contributed by atoms with Crippen LogP contribution < -0.4 is 0 Å². The molecule has 5 heteroatoms. The Morgan fingerprint density at radius 3 is 2.23 bits per heavy atom. The number of aryl methyl sites for hydroxylation is 3. The molecule has 35 heavy (non-hydrogen) atoms. The van der Waals surface area contributed by atoms with Gasteiger partial charge in [-0.05, 0) is 60.0 Å². The van der Waals surface area contributed by atoms with Crippen molar-refractivity contribution in [3.8, 4) is 22.5 Å². The van der Waals surface area contributed by atoms with E-state index in [0.717, 1.165) is 22.5 Å². The first-order valence-corrected chi connectivity index (χ1v) is 11.9. The Bertz CT molecular complexity index is 1580. The Kier molecular flexibility index (Phi) is 7.82. The summed E-state index contributed by atoms with van der Waals surface area (Å²) in [5, 5.41) is 2.55. The Balaban J connectivity index is 0.000000165. The fourth-order valence-corrected chi connectivity index (χ4v) is 4.74. The summed E-state index contributed by atoms with van der Waals surface area (Å²) in [6.45, 7) is 6.24. The Morgan fingerprint density at radius 1 is 0.714 bits per heavy atom. The first kappa shape index (κ1) is 24.9. The molecule has 0 spiro atoms. The number of rotatable bonds is 2. The zero-order chi connectivity index (χ0) is 23.5. The number of hydrogen-bond acceptors (Lipinski definition) is 4. The molecule has 0 amide bonds. The van der Waals surface area contributed by atoms with Crippen LogP contribution in [0.25, 0.3) is 42.7 Å². The molecule has 1 radical (unpaired) electrons. The first-order chi connectivity index (χ1) is 16.6. The van der Waals surface area contributed by atoms with Gasteiger partial charge in [-0.2, -0.15) is 11.6 Å². The molecule has 6 rings (SSSR count). The molecule has 3 nitrogen and oxygen atoms in total. The van der Waals surface area contributed by atoms with Crippen molar-refractivity contribution < 1.29 is 20.1 Å². The Hall–Kier alpha value is -3.24. The summed E-state index contributed by atoms with van der Waals surface area (Å²) in [7, 11) is 0. The number of fused-ring (bicyclic) bond motifs is 3. The molecule has 4 heterocycles. The maximum Gasteiger partial charge on any atom is 0.0515 e. The van der Waals surface area contributed by atoms with Crippen LogP contribution in [0.4, 0.5) is 0 Å². The van der Waals surface area contributed by atoms with Crippen LogP contribution in [0.5, 0.6) is 0 Å². The van der Waals surface area contributed by atoms with Crippen LogP contribution in [-0.2, 0) is 20.1 Å². The van der Waals surface area contributed by atoms with E-state index in [4.69, 9.17) is 0 Å². The zero-order valence-electron chi connectivity index (χ0n) is 19.7. The molecule has 0 bridgehead atoms. The summed E-state index contributed by atoms with van der Waals surface area (Å²) in [5.74, 6) is 0. The normalized spacial score (nSPS) is 10.5. The van der Waals surface area contributed by atoms with Crippen LogP contribution in [0, 0.1) is 32.9 Å². The van der Waals surface area contributed by atoms with E-state index in [1.165, 1.54) is 36.9 Å². The van der Waals surface area contributed by atoms with E-state index in [-0.39, 0.29) is 20.1 Å². The number of nitrogens with zero attached hydrogens (tertiary/aromatic N) is 3. The second kappa shape index (κ2) is 11.0. The molecular formula is C30H23IrN3S-2. The van der Waals surface area contributed by atoms with E-state index in [0.29, 0.717) is 0 Å². The van der Waals surface area contributed by atoms with E-state index in [2.05, 4.69) is 96.4 Å². The van der Waals surface area contributed by atoms with E-state index in [1.54, 1.807) is 23.7 Å². The fraction of sp³-hybridized carbons (Fsp3) is 0.100. The zero-order valence-corrected chi connectivity index (χ0v) is 22.9. The van der Waals surface area contributed by atoms with Gasteiger partial charge in [-0.3, -0.25) is 4.98 Å². The van der Waals surface area contributed by atoms with Gasteiger partial charge in [0.2, 0.25) is 0 Å². The molecule has 0 N–H and O–H groups in total. The molecule has 0 aliphatic rings. The topological polar surface area (TPSA) is 38.7 Å². The average Bonchev–Trinajstić information content (AvgIpc) is 3.25. The predicted molar refractivity (Wildman–Crippen MR) is 142 cm³/mol. The quantitative estimate of drug-likeness (QED) is 0.180. The summed E-state index contributed by atoms with van der Waals surface area (Å²) in [6, 6.07) is 27.1. The van der Waals surface area contributed by atoms with Gasteiger partial charge in [-0.1, -0.05) is 42.8 Å². The summed E-state index contributed by atoms with van der Waals surface area (Å²) in [6.07, 6.45) is 7.30. The smallest absolute Gasteiger partial charge is 0.0515 e. The van der Waals surface area contributed by atoms with Gasteiger partial charge < -0.3 is 9.97 Å². The number of pyridine rings is 3. The average molecular weight is 650 g/mol. The summed E-state index contributed by atoms with van der Waals surface area (Å²) < 4.78 is 2.52. The third-order valence-corrected chi connectivity index (χ3v) is 6.90. The van der Waals surface area contributed by atoms with Gasteiger partial charge >= 0.3 is 0 Å². The molecule has 0 aliphatic heterocycles. The number of aromatic nitrogens is 3. The molecule has 175 valence electrons. The van der Waals surface area contributed by atoms with Gasteiger partial charge in [0.15, 0.2) is 0 Å². The monoisotopic (exact) mass is 650 g/mol. The van der Waals surface area contributed by atoms with E-state index in [9.17, 15) is 0 Å². The van der Waals surface area contributed by atoms with Crippen molar-refractivity contribution in [1.29, 1.82) is 0 Å². The largest absolute Gasteiger partial charge is 0.319 e. The number of benzene rings is 2. The van der Waals surface area contributed by atoms with Crippen molar-refractivity contribution in [3.05, 3.63) is 114 Å². The molecule has 0 fully saturated rings. The molecule has 4 aromatic heterocycles. The van der Waals surface area contributed by atoms with Gasteiger partial charge in [0.05, 0.1) is 4.70 Å². The van der Waals surface area contributed by atoms with Crippen molar-refractivity contribution in [2.75, 3.05) is 0 Å². The van der Waals surface area contributed by atoms with Crippen LogP contribution in [-0.4, -0.2) is 15.0 Å². The van der Waals surface area contributed by atoms with Gasteiger partial charge in [0.25, 0.3) is 0 Å². The predicted octanol–water partition coefficient (Wildman–Crippen LogP) is 7.78. The minimum Gasteiger partial charge on any atom is -0.319 e. The molecule has 0 saturated carbocycles. The van der Waals surface area contributed by atoms with E-state index >= 15 is 0 Å². The number of hydrogen-bond donors (Lipinski definition) is 0. The summed E-state index contributed by atoms with van der Waals surface area (Å²) in [4.78, 5) is 12.9. The van der Waals surface area contributed by atoms with Gasteiger partial charge in [0, 0.05) is 37.2 Å². The Morgan fingerprint density at radius 2 is 1.49 bits per heavy atom. The number of thiophene rings is 1. The van der Waals surface area contributed by atoms with Crippen LogP contribution in [0.1, 0.15) is 16.7 Å². The second-order valence-electron chi connectivity index (χ2n) is 8.25. The van der Waals surface area contributed by atoms with Gasteiger partial charge in [0.1, 0.15) is 0 Å². The third-order valence-electron chi connectivity index (χ3n) is 5.78. The third kappa shape index (κ3) is 5.54. The molecular weight excluding hydrogens is 627 g/mol. The van der Waals surface area contributed by atoms with Crippen molar-refractivity contribution in [2.24, 2.45) is 0 Å². The van der Waals surface area contributed by atoms with Crippen LogP contribution >= 0.6 is 11.3 Å². The van der Waals surface area contributed by atoms with Crippen LogP contribution in [0.3, 0.4) is 0 Å². The van der Waals surface area contributed by atoms with E-state index < -0.39 is 0 Å². The molecule has 6 aromatic rings. The molecule has 0 unspecified atom stereocenters. The summed E-state index contributed by atoms with van der Waals surface area (Å²) in [5.41, 5.74) is 7.70. The standard InChI is InChI=1S/C16H9N2S.C14H14N.Ir/c1-2-4-15-12(3-1)13-9-14(18-10-16(13)19-15)11-5-7-17-8-6-11;1-10-4-6-13(7-5-10)14-8-11(2)12(3)9-15-14;/h1-5,7-10H;4-6,8-9H,1-3H3;/q2*-1;. The molecule has 0 atom stereocenters.